The molecule has 7 heteroatoms. The highest BCUT2D eigenvalue weighted by molar-refractivity contribution is 7.89. The van der Waals surface area contributed by atoms with Gasteiger partial charge in [-0.25, -0.2) is 13.1 Å². The van der Waals surface area contributed by atoms with Crippen LogP contribution in [0.3, 0.4) is 0 Å². The van der Waals surface area contributed by atoms with Gasteiger partial charge in [-0.2, -0.15) is 0 Å². The SMILES string of the molecule is Cc1ccccc1CCOCCNS(=O)(=O)CCC(=O)O. The molecule has 118 valence electrons. The van der Waals surface area contributed by atoms with E-state index in [1.54, 1.807) is 0 Å². The van der Waals surface area contributed by atoms with Crippen LogP contribution in [0, 0.1) is 6.92 Å². The number of carboxylic acids is 1. The Kier molecular flexibility index (Phi) is 7.35. The zero-order chi connectivity index (χ0) is 15.7. The summed E-state index contributed by atoms with van der Waals surface area (Å²) in [7, 11) is -3.53. The number of hydrogen-bond acceptors (Lipinski definition) is 4. The Morgan fingerprint density at radius 1 is 1.29 bits per heavy atom. The predicted molar refractivity (Wildman–Crippen MR) is 79.7 cm³/mol. The van der Waals surface area contributed by atoms with Crippen LogP contribution in [0.2, 0.25) is 0 Å². The van der Waals surface area contributed by atoms with Crippen LogP contribution >= 0.6 is 0 Å². The fraction of sp³-hybridized carbons (Fsp3) is 0.500. The molecule has 0 amide bonds. The summed E-state index contributed by atoms with van der Waals surface area (Å²) >= 11 is 0. The average molecular weight is 315 g/mol. The molecule has 0 aliphatic heterocycles. The Labute approximate surface area is 125 Å². The van der Waals surface area contributed by atoms with Crippen LogP contribution in [0.15, 0.2) is 24.3 Å². The van der Waals surface area contributed by atoms with Crippen molar-refractivity contribution in [1.82, 2.24) is 4.72 Å². The summed E-state index contributed by atoms with van der Waals surface area (Å²) in [4.78, 5) is 10.3. The van der Waals surface area contributed by atoms with Gasteiger partial charge in [0.2, 0.25) is 10.0 Å². The van der Waals surface area contributed by atoms with Gasteiger partial charge in [0, 0.05) is 6.54 Å². The summed E-state index contributed by atoms with van der Waals surface area (Å²) in [6, 6.07) is 8.02. The molecule has 1 aromatic rings. The van der Waals surface area contributed by atoms with E-state index in [0.29, 0.717) is 6.61 Å². The van der Waals surface area contributed by atoms with Crippen LogP contribution < -0.4 is 4.72 Å². The maximum Gasteiger partial charge on any atom is 0.304 e. The van der Waals surface area contributed by atoms with Crippen LogP contribution in [0.5, 0.6) is 0 Å². The Morgan fingerprint density at radius 3 is 2.67 bits per heavy atom. The lowest BCUT2D eigenvalue weighted by molar-refractivity contribution is -0.136. The van der Waals surface area contributed by atoms with E-state index in [4.69, 9.17) is 9.84 Å². The van der Waals surface area contributed by atoms with Gasteiger partial charge in [-0.1, -0.05) is 24.3 Å². The molecule has 0 atom stereocenters. The third-order valence-corrected chi connectivity index (χ3v) is 4.32. The second kappa shape index (κ2) is 8.76. The van der Waals surface area contributed by atoms with Gasteiger partial charge in [-0.3, -0.25) is 4.79 Å². The molecule has 1 rings (SSSR count). The molecule has 0 aromatic heterocycles. The lowest BCUT2D eigenvalue weighted by atomic mass is 10.1. The van der Waals surface area contributed by atoms with Gasteiger partial charge in [0.1, 0.15) is 0 Å². The van der Waals surface area contributed by atoms with Crippen molar-refractivity contribution in [2.24, 2.45) is 0 Å². The summed E-state index contributed by atoms with van der Waals surface area (Å²) in [5, 5.41) is 8.43. The highest BCUT2D eigenvalue weighted by Crippen LogP contribution is 2.07. The summed E-state index contributed by atoms with van der Waals surface area (Å²) in [5.41, 5.74) is 2.41. The maximum atomic E-state index is 11.4. The molecule has 0 saturated carbocycles. The topological polar surface area (TPSA) is 92.7 Å². The van der Waals surface area contributed by atoms with Crippen molar-refractivity contribution in [2.45, 2.75) is 19.8 Å². The third-order valence-electron chi connectivity index (χ3n) is 2.93. The van der Waals surface area contributed by atoms with Gasteiger partial charge < -0.3 is 9.84 Å². The molecule has 0 aliphatic rings. The van der Waals surface area contributed by atoms with E-state index in [-0.39, 0.29) is 13.2 Å². The Bertz CT molecular complexity index is 556. The van der Waals surface area contributed by atoms with Crippen molar-refractivity contribution < 1.29 is 23.1 Å². The first-order valence-corrected chi connectivity index (χ1v) is 8.37. The Hall–Kier alpha value is -1.44. The third kappa shape index (κ3) is 7.79. The number of aryl methyl sites for hydroxylation is 1. The fourth-order valence-corrected chi connectivity index (χ4v) is 2.72. The molecule has 0 heterocycles. The first-order chi connectivity index (χ1) is 9.91. The van der Waals surface area contributed by atoms with Gasteiger partial charge in [0.15, 0.2) is 0 Å². The quantitative estimate of drug-likeness (QED) is 0.627. The molecule has 21 heavy (non-hydrogen) atoms. The van der Waals surface area contributed by atoms with Crippen molar-refractivity contribution in [2.75, 3.05) is 25.5 Å². The number of carbonyl (C=O) groups is 1. The molecule has 0 radical (unpaired) electrons. The summed E-state index contributed by atoms with van der Waals surface area (Å²) in [6.45, 7) is 2.96. The minimum atomic E-state index is -3.53. The van der Waals surface area contributed by atoms with Crippen LogP contribution in [-0.4, -0.2) is 45.0 Å². The highest BCUT2D eigenvalue weighted by Gasteiger charge is 2.11. The number of ether oxygens (including phenoxy) is 1. The number of hydrogen-bond donors (Lipinski definition) is 2. The van der Waals surface area contributed by atoms with E-state index < -0.39 is 28.2 Å². The smallest absolute Gasteiger partial charge is 0.304 e. The predicted octanol–water partition coefficient (Wildman–Crippen LogP) is 0.948. The first kappa shape index (κ1) is 17.6. The van der Waals surface area contributed by atoms with Crippen molar-refractivity contribution in [1.29, 1.82) is 0 Å². The van der Waals surface area contributed by atoms with Gasteiger partial charge in [0.25, 0.3) is 0 Å². The van der Waals surface area contributed by atoms with Gasteiger partial charge in [0.05, 0.1) is 25.4 Å². The number of rotatable bonds is 10. The average Bonchev–Trinajstić information content (AvgIpc) is 2.42. The molecule has 0 bridgehead atoms. The molecule has 0 fully saturated rings. The second-order valence-electron chi connectivity index (χ2n) is 4.65. The Morgan fingerprint density at radius 2 is 2.00 bits per heavy atom. The molecule has 1 aromatic carbocycles. The van der Waals surface area contributed by atoms with Crippen LogP contribution in [0.1, 0.15) is 17.5 Å². The summed E-state index contributed by atoms with van der Waals surface area (Å²) in [5.74, 6) is -1.54. The fourth-order valence-electron chi connectivity index (χ4n) is 1.74. The molecule has 2 N–H and O–H groups in total. The van der Waals surface area contributed by atoms with Crippen molar-refractivity contribution in [3.05, 3.63) is 35.4 Å². The minimum absolute atomic E-state index is 0.149. The zero-order valence-corrected chi connectivity index (χ0v) is 12.9. The van der Waals surface area contributed by atoms with E-state index in [1.165, 1.54) is 11.1 Å². The van der Waals surface area contributed by atoms with Gasteiger partial charge >= 0.3 is 5.97 Å². The molecule has 0 aliphatic carbocycles. The number of aliphatic carboxylic acids is 1. The molecular weight excluding hydrogens is 294 g/mol. The lowest BCUT2D eigenvalue weighted by Gasteiger charge is -2.08. The monoisotopic (exact) mass is 315 g/mol. The van der Waals surface area contributed by atoms with Gasteiger partial charge in [-0.15, -0.1) is 0 Å². The maximum absolute atomic E-state index is 11.4. The first-order valence-electron chi connectivity index (χ1n) is 6.72. The summed E-state index contributed by atoms with van der Waals surface area (Å²) < 4.78 is 30.5. The standard InChI is InChI=1S/C14H21NO5S/c1-12-4-2-3-5-13(12)6-9-20-10-8-15-21(18,19)11-7-14(16)17/h2-5,15H,6-11H2,1H3,(H,16,17). The lowest BCUT2D eigenvalue weighted by Crippen LogP contribution is -2.30. The highest BCUT2D eigenvalue weighted by atomic mass is 32.2. The van der Waals surface area contributed by atoms with Crippen molar-refractivity contribution in [3.63, 3.8) is 0 Å². The van der Waals surface area contributed by atoms with Crippen LogP contribution in [-0.2, 0) is 26.0 Å². The molecule has 0 unspecified atom stereocenters. The largest absolute Gasteiger partial charge is 0.481 e. The van der Waals surface area contributed by atoms with Gasteiger partial charge in [-0.05, 0) is 24.5 Å². The van der Waals surface area contributed by atoms with Crippen LogP contribution in [0.4, 0.5) is 0 Å². The summed E-state index contributed by atoms with van der Waals surface area (Å²) in [6.07, 6.45) is 0.377. The van der Waals surface area contributed by atoms with E-state index in [1.807, 2.05) is 31.2 Å². The zero-order valence-electron chi connectivity index (χ0n) is 12.0. The van der Waals surface area contributed by atoms with Crippen molar-refractivity contribution in [3.8, 4) is 0 Å². The molecule has 0 spiro atoms. The second-order valence-corrected chi connectivity index (χ2v) is 6.57. The van der Waals surface area contributed by atoms with Crippen molar-refractivity contribution >= 4 is 16.0 Å². The van der Waals surface area contributed by atoms with E-state index >= 15 is 0 Å². The minimum Gasteiger partial charge on any atom is -0.481 e. The molecule has 6 nitrogen and oxygen atoms in total. The molecule has 0 saturated heterocycles. The van der Waals surface area contributed by atoms with E-state index in [0.717, 1.165) is 6.42 Å². The number of benzene rings is 1. The van der Waals surface area contributed by atoms with Crippen LogP contribution in [0.25, 0.3) is 0 Å². The molecular formula is C14H21NO5S. The van der Waals surface area contributed by atoms with E-state index in [9.17, 15) is 13.2 Å². The number of nitrogens with one attached hydrogen (secondary N) is 1. The number of carboxylic acid groups (broad SMARTS) is 1. The normalized spacial score (nSPS) is 11.5. The van der Waals surface area contributed by atoms with E-state index in [2.05, 4.69) is 4.72 Å². The number of sulfonamides is 1. The Balaban J connectivity index is 2.15.